The normalized spacial score (nSPS) is 11.8. The van der Waals surface area contributed by atoms with Gasteiger partial charge in [0.1, 0.15) is 10.7 Å². The van der Waals surface area contributed by atoms with Crippen LogP contribution in [0.4, 0.5) is 13.2 Å². The second kappa shape index (κ2) is 5.63. The van der Waals surface area contributed by atoms with Crippen molar-refractivity contribution in [3.05, 3.63) is 47.8 Å². The fourth-order valence-electron chi connectivity index (χ4n) is 1.53. The van der Waals surface area contributed by atoms with E-state index in [9.17, 15) is 21.6 Å². The zero-order valence-corrected chi connectivity index (χ0v) is 10.8. The van der Waals surface area contributed by atoms with Crippen LogP contribution < -0.4 is 4.72 Å². The minimum Gasteiger partial charge on any atom is -0.349 e. The molecule has 20 heavy (non-hydrogen) atoms. The summed E-state index contributed by atoms with van der Waals surface area (Å²) in [5.74, 6) is -4.47. The molecule has 1 aromatic heterocycles. The predicted octanol–water partition coefficient (Wildman–Crippen LogP) is 1.35. The zero-order valence-electron chi connectivity index (χ0n) is 10.0. The lowest BCUT2D eigenvalue weighted by atomic mass is 10.3. The molecule has 1 heterocycles. The van der Waals surface area contributed by atoms with Crippen molar-refractivity contribution >= 4 is 10.0 Å². The van der Waals surface area contributed by atoms with Crippen LogP contribution >= 0.6 is 0 Å². The predicted molar refractivity (Wildman–Crippen MR) is 63.8 cm³/mol. The van der Waals surface area contributed by atoms with Gasteiger partial charge in [-0.1, -0.05) is 0 Å². The van der Waals surface area contributed by atoms with Gasteiger partial charge < -0.3 is 4.98 Å². The molecular formula is C11H10F3N3O2S. The van der Waals surface area contributed by atoms with Gasteiger partial charge >= 0.3 is 0 Å². The van der Waals surface area contributed by atoms with Crippen molar-refractivity contribution in [3.63, 3.8) is 0 Å². The lowest BCUT2D eigenvalue weighted by molar-refractivity contribution is 0.431. The van der Waals surface area contributed by atoms with Crippen molar-refractivity contribution in [1.82, 2.24) is 14.7 Å². The summed E-state index contributed by atoms with van der Waals surface area (Å²) in [5.41, 5.74) is 0. The van der Waals surface area contributed by atoms with Gasteiger partial charge in [0, 0.05) is 25.4 Å². The number of aromatic nitrogens is 2. The van der Waals surface area contributed by atoms with E-state index in [1.54, 1.807) is 6.20 Å². The number of rotatable bonds is 5. The number of hydrogen-bond acceptors (Lipinski definition) is 3. The van der Waals surface area contributed by atoms with Crippen LogP contribution in [0, 0.1) is 17.5 Å². The Balaban J connectivity index is 2.12. The number of aromatic amines is 1. The Bertz CT molecular complexity index is 702. The Morgan fingerprint density at radius 3 is 2.60 bits per heavy atom. The summed E-state index contributed by atoms with van der Waals surface area (Å²) in [6.45, 7) is -0.0612. The molecule has 0 bridgehead atoms. The number of H-pyrrole nitrogens is 1. The summed E-state index contributed by atoms with van der Waals surface area (Å²) in [4.78, 5) is 5.70. The third kappa shape index (κ3) is 2.99. The zero-order chi connectivity index (χ0) is 14.8. The number of benzene rings is 1. The highest BCUT2D eigenvalue weighted by molar-refractivity contribution is 7.89. The highest BCUT2D eigenvalue weighted by Crippen LogP contribution is 2.19. The number of sulfonamides is 1. The average molecular weight is 305 g/mol. The molecule has 2 N–H and O–H groups in total. The van der Waals surface area contributed by atoms with E-state index in [4.69, 9.17) is 0 Å². The first-order chi connectivity index (χ1) is 9.42. The molecule has 0 unspecified atom stereocenters. The summed E-state index contributed by atoms with van der Waals surface area (Å²) < 4.78 is 64.8. The van der Waals surface area contributed by atoms with Crippen molar-refractivity contribution in [3.8, 4) is 0 Å². The molecule has 2 aromatic rings. The minimum absolute atomic E-state index is 0.0612. The van der Waals surface area contributed by atoms with Gasteiger partial charge in [-0.15, -0.1) is 0 Å². The Kier molecular flexibility index (Phi) is 4.09. The summed E-state index contributed by atoms with van der Waals surface area (Å²) in [6.07, 6.45) is 3.31. The molecule has 0 amide bonds. The average Bonchev–Trinajstić information content (AvgIpc) is 2.88. The number of hydrogen-bond donors (Lipinski definition) is 2. The molecular weight excluding hydrogens is 295 g/mol. The highest BCUT2D eigenvalue weighted by atomic mass is 32.2. The first-order valence-corrected chi connectivity index (χ1v) is 7.01. The molecule has 5 nitrogen and oxygen atoms in total. The SMILES string of the molecule is O=S(=O)(NCCc1ncc[nH]1)c1ccc(F)c(F)c1F. The maximum atomic E-state index is 13.4. The number of nitrogens with one attached hydrogen (secondary N) is 2. The molecule has 0 saturated heterocycles. The van der Waals surface area contributed by atoms with Crippen molar-refractivity contribution in [1.29, 1.82) is 0 Å². The van der Waals surface area contributed by atoms with Crippen molar-refractivity contribution < 1.29 is 21.6 Å². The molecule has 0 aliphatic rings. The van der Waals surface area contributed by atoms with Gasteiger partial charge in [0.05, 0.1) is 0 Å². The van der Waals surface area contributed by atoms with Crippen LogP contribution in [0.2, 0.25) is 0 Å². The standard InChI is InChI=1S/C11H10F3N3O2S/c12-7-1-2-8(11(14)10(7)13)20(18,19)17-4-3-9-15-5-6-16-9/h1-2,5-6,17H,3-4H2,(H,15,16). The molecule has 2 rings (SSSR count). The van der Waals surface area contributed by atoms with E-state index >= 15 is 0 Å². The molecule has 0 aliphatic heterocycles. The molecule has 108 valence electrons. The van der Waals surface area contributed by atoms with Crippen LogP contribution in [0.3, 0.4) is 0 Å². The lowest BCUT2D eigenvalue weighted by Gasteiger charge is -2.07. The number of nitrogens with zero attached hydrogens (tertiary/aromatic N) is 1. The summed E-state index contributed by atoms with van der Waals surface area (Å²) in [5, 5.41) is 0. The van der Waals surface area contributed by atoms with E-state index in [-0.39, 0.29) is 13.0 Å². The smallest absolute Gasteiger partial charge is 0.243 e. The lowest BCUT2D eigenvalue weighted by Crippen LogP contribution is -2.27. The second-order valence-electron chi connectivity index (χ2n) is 3.86. The van der Waals surface area contributed by atoms with Gasteiger partial charge in [0.2, 0.25) is 10.0 Å². The fraction of sp³-hybridized carbons (Fsp3) is 0.182. The van der Waals surface area contributed by atoms with Crippen LogP contribution in [-0.4, -0.2) is 24.9 Å². The Morgan fingerprint density at radius 1 is 1.20 bits per heavy atom. The first kappa shape index (κ1) is 14.5. The molecule has 0 saturated carbocycles. The first-order valence-electron chi connectivity index (χ1n) is 5.53. The summed E-state index contributed by atoms with van der Waals surface area (Å²) in [7, 11) is -4.26. The maximum absolute atomic E-state index is 13.4. The topological polar surface area (TPSA) is 74.8 Å². The van der Waals surface area contributed by atoms with Crippen LogP contribution in [-0.2, 0) is 16.4 Å². The van der Waals surface area contributed by atoms with Crippen molar-refractivity contribution in [2.75, 3.05) is 6.54 Å². The van der Waals surface area contributed by atoms with E-state index in [0.717, 1.165) is 0 Å². The molecule has 0 spiro atoms. The van der Waals surface area contributed by atoms with Crippen LogP contribution in [0.25, 0.3) is 0 Å². The number of halogens is 3. The van der Waals surface area contributed by atoms with E-state index < -0.39 is 32.4 Å². The van der Waals surface area contributed by atoms with Gasteiger partial charge in [-0.05, 0) is 12.1 Å². The molecule has 1 aromatic carbocycles. The van der Waals surface area contributed by atoms with E-state index in [2.05, 4.69) is 14.7 Å². The molecule has 0 fully saturated rings. The molecule has 9 heteroatoms. The van der Waals surface area contributed by atoms with E-state index in [1.165, 1.54) is 6.20 Å². The largest absolute Gasteiger partial charge is 0.349 e. The van der Waals surface area contributed by atoms with E-state index in [0.29, 0.717) is 18.0 Å². The van der Waals surface area contributed by atoms with E-state index in [1.807, 2.05) is 0 Å². The van der Waals surface area contributed by atoms with Gasteiger partial charge in [0.15, 0.2) is 17.5 Å². The summed E-state index contributed by atoms with van der Waals surface area (Å²) in [6, 6.07) is 1.22. The molecule has 0 atom stereocenters. The number of imidazole rings is 1. The molecule has 0 radical (unpaired) electrons. The summed E-state index contributed by atoms with van der Waals surface area (Å²) >= 11 is 0. The quantitative estimate of drug-likeness (QED) is 0.819. The Labute approximate surface area is 112 Å². The van der Waals surface area contributed by atoms with Gasteiger partial charge in [-0.25, -0.2) is 31.3 Å². The minimum atomic E-state index is -4.26. The fourth-order valence-corrected chi connectivity index (χ4v) is 2.63. The Hall–Kier alpha value is -1.87. The van der Waals surface area contributed by atoms with Crippen LogP contribution in [0.5, 0.6) is 0 Å². The third-order valence-corrected chi connectivity index (χ3v) is 3.98. The monoisotopic (exact) mass is 305 g/mol. The molecule has 0 aliphatic carbocycles. The van der Waals surface area contributed by atoms with Crippen LogP contribution in [0.15, 0.2) is 29.4 Å². The van der Waals surface area contributed by atoms with Crippen LogP contribution in [0.1, 0.15) is 5.82 Å². The second-order valence-corrected chi connectivity index (χ2v) is 5.59. The maximum Gasteiger partial charge on any atom is 0.243 e. The van der Waals surface area contributed by atoms with Crippen molar-refractivity contribution in [2.24, 2.45) is 0 Å². The van der Waals surface area contributed by atoms with Gasteiger partial charge in [-0.2, -0.15) is 0 Å². The van der Waals surface area contributed by atoms with Gasteiger partial charge in [0.25, 0.3) is 0 Å². The van der Waals surface area contributed by atoms with Crippen molar-refractivity contribution in [2.45, 2.75) is 11.3 Å². The Morgan fingerprint density at radius 2 is 1.95 bits per heavy atom. The third-order valence-electron chi connectivity index (χ3n) is 2.50. The van der Waals surface area contributed by atoms with Gasteiger partial charge in [-0.3, -0.25) is 0 Å². The highest BCUT2D eigenvalue weighted by Gasteiger charge is 2.23.